The van der Waals surface area contributed by atoms with Gasteiger partial charge in [-0.15, -0.1) is 0 Å². The summed E-state index contributed by atoms with van der Waals surface area (Å²) >= 11 is 0. The second kappa shape index (κ2) is 10.7. The predicted molar refractivity (Wildman–Crippen MR) is 147 cm³/mol. The third-order valence-electron chi connectivity index (χ3n) is 8.30. The number of oxime groups is 1. The number of likely N-dealkylation sites (tertiary alicyclic amines) is 1. The summed E-state index contributed by atoms with van der Waals surface area (Å²) in [6.07, 6.45) is 7.16. The van der Waals surface area contributed by atoms with Gasteiger partial charge in [0.2, 0.25) is 5.91 Å². The van der Waals surface area contributed by atoms with E-state index in [2.05, 4.69) is 51.3 Å². The van der Waals surface area contributed by atoms with E-state index < -0.39 is 0 Å². The molecule has 1 aromatic carbocycles. The molecule has 3 aliphatic rings. The molecule has 2 aromatic heterocycles. The van der Waals surface area contributed by atoms with Crippen molar-refractivity contribution in [3.8, 4) is 22.5 Å². The lowest BCUT2D eigenvalue weighted by Crippen LogP contribution is -2.50. The molecule has 2 fully saturated rings. The zero-order valence-corrected chi connectivity index (χ0v) is 22.0. The number of pyridine rings is 1. The number of hydrogen-bond acceptors (Lipinski definition) is 7. The van der Waals surface area contributed by atoms with Gasteiger partial charge in [-0.3, -0.25) is 14.7 Å². The van der Waals surface area contributed by atoms with Gasteiger partial charge in [0.15, 0.2) is 0 Å². The number of carbonyl (C=O) groups excluding carboxylic acids is 1. The minimum Gasteiger partial charge on any atom is -0.460 e. The quantitative estimate of drug-likeness (QED) is 0.409. The van der Waals surface area contributed by atoms with Crippen LogP contribution in [-0.4, -0.2) is 89.4 Å². The third-order valence-corrected chi connectivity index (χ3v) is 8.30. The number of piperazine rings is 1. The second-order valence-corrected chi connectivity index (χ2v) is 10.8. The van der Waals surface area contributed by atoms with Gasteiger partial charge in [-0.05, 0) is 62.1 Å². The number of aromatic nitrogens is 1. The van der Waals surface area contributed by atoms with Crippen LogP contribution in [0, 0.1) is 0 Å². The van der Waals surface area contributed by atoms with Crippen LogP contribution in [0.1, 0.15) is 42.1 Å². The van der Waals surface area contributed by atoms with Crippen LogP contribution >= 0.6 is 0 Å². The largest absolute Gasteiger partial charge is 0.460 e. The molecule has 0 radical (unpaired) electrons. The molecule has 0 spiro atoms. The number of aryl methyl sites for hydroxylation is 1. The molecule has 38 heavy (non-hydrogen) atoms. The number of furan rings is 1. The highest BCUT2D eigenvalue weighted by Crippen LogP contribution is 2.40. The number of rotatable bonds is 5. The molecule has 1 aliphatic carbocycles. The number of fused-ring (bicyclic) bond motifs is 1. The first-order valence-electron chi connectivity index (χ1n) is 13.7. The smallest absolute Gasteiger partial charge is 0.236 e. The van der Waals surface area contributed by atoms with E-state index in [1.54, 1.807) is 12.4 Å². The van der Waals surface area contributed by atoms with E-state index in [-0.39, 0.29) is 11.8 Å². The highest BCUT2D eigenvalue weighted by molar-refractivity contribution is 6.04. The van der Waals surface area contributed by atoms with Gasteiger partial charge in [-0.1, -0.05) is 23.4 Å². The standard InChI is InChI=1S/C30H35N5O3/c1-33-13-15-34(16-14-33)20-29(36)35-12-2-3-24(19-35)28-18-26(30(38-28)21-8-10-31-11-9-21)23-4-6-25-22(17-23)5-7-27(25)32-37/h4,6,8-11,17-18,24,37H,2-3,5,7,12-16,19-20H2,1H3/b32-27-. The molecule has 2 aliphatic heterocycles. The minimum atomic E-state index is 0.164. The van der Waals surface area contributed by atoms with E-state index >= 15 is 0 Å². The van der Waals surface area contributed by atoms with Crippen LogP contribution in [0.15, 0.2) is 58.4 Å². The Hall–Kier alpha value is -3.49. The average Bonchev–Trinajstić information content (AvgIpc) is 3.59. The number of hydrogen-bond donors (Lipinski definition) is 1. The summed E-state index contributed by atoms with van der Waals surface area (Å²) in [5.41, 5.74) is 6.08. The molecule has 1 amide bonds. The monoisotopic (exact) mass is 513 g/mol. The van der Waals surface area contributed by atoms with Crippen molar-refractivity contribution in [1.29, 1.82) is 0 Å². The van der Waals surface area contributed by atoms with Gasteiger partial charge in [-0.25, -0.2) is 0 Å². The van der Waals surface area contributed by atoms with Crippen LogP contribution in [0.25, 0.3) is 22.5 Å². The first-order valence-corrected chi connectivity index (χ1v) is 13.7. The molecule has 2 saturated heterocycles. The first kappa shape index (κ1) is 24.8. The van der Waals surface area contributed by atoms with Crippen molar-refractivity contribution >= 4 is 11.6 Å². The Labute approximate surface area is 223 Å². The minimum absolute atomic E-state index is 0.164. The zero-order chi connectivity index (χ0) is 26.1. The molecule has 1 N–H and O–H groups in total. The number of amides is 1. The molecule has 0 saturated carbocycles. The van der Waals surface area contributed by atoms with Crippen LogP contribution in [0.3, 0.4) is 0 Å². The highest BCUT2D eigenvalue weighted by Gasteiger charge is 2.30. The molecule has 8 heteroatoms. The SMILES string of the molecule is CN1CCN(CC(=O)N2CCCC(c3cc(-c4ccc5c(c4)CC/C5=N/O)c(-c4ccncc4)o3)C2)CC1. The summed E-state index contributed by atoms with van der Waals surface area (Å²) in [6, 6.07) is 12.5. The molecule has 8 nitrogen and oxygen atoms in total. The normalized spacial score (nSPS) is 21.7. The Morgan fingerprint density at radius 3 is 2.63 bits per heavy atom. The summed E-state index contributed by atoms with van der Waals surface area (Å²) in [4.78, 5) is 24.0. The molecular weight excluding hydrogens is 478 g/mol. The van der Waals surface area contributed by atoms with Crippen molar-refractivity contribution < 1.29 is 14.4 Å². The summed E-state index contributed by atoms with van der Waals surface area (Å²) in [7, 11) is 2.13. The third kappa shape index (κ3) is 4.98. The summed E-state index contributed by atoms with van der Waals surface area (Å²) in [5, 5.41) is 12.8. The van der Waals surface area contributed by atoms with Crippen LogP contribution < -0.4 is 0 Å². The maximum Gasteiger partial charge on any atom is 0.236 e. The molecule has 1 atom stereocenters. The zero-order valence-electron chi connectivity index (χ0n) is 22.0. The number of carbonyl (C=O) groups is 1. The summed E-state index contributed by atoms with van der Waals surface area (Å²) < 4.78 is 6.60. The van der Waals surface area contributed by atoms with E-state index in [0.717, 1.165) is 97.9 Å². The molecule has 3 aromatic rings. The van der Waals surface area contributed by atoms with Gasteiger partial charge in [0.25, 0.3) is 0 Å². The fourth-order valence-corrected chi connectivity index (χ4v) is 6.02. The molecular formula is C30H35N5O3. The summed E-state index contributed by atoms with van der Waals surface area (Å²) in [6.45, 7) is 5.93. The Bertz CT molecular complexity index is 1330. The van der Waals surface area contributed by atoms with Crippen LogP contribution in [0.4, 0.5) is 0 Å². The lowest BCUT2D eigenvalue weighted by molar-refractivity contribution is -0.134. The van der Waals surface area contributed by atoms with Gasteiger partial charge in [0, 0.05) is 74.3 Å². The van der Waals surface area contributed by atoms with Gasteiger partial charge in [-0.2, -0.15) is 0 Å². The van der Waals surface area contributed by atoms with Gasteiger partial charge >= 0.3 is 0 Å². The topological polar surface area (TPSA) is 85.4 Å². The number of piperidine rings is 1. The van der Waals surface area contributed by atoms with Gasteiger partial charge in [0.05, 0.1) is 12.3 Å². The van der Waals surface area contributed by atoms with Gasteiger partial charge in [0.1, 0.15) is 11.5 Å². The number of nitrogens with zero attached hydrogens (tertiary/aromatic N) is 5. The van der Waals surface area contributed by atoms with Crippen molar-refractivity contribution in [2.45, 2.75) is 31.6 Å². The maximum atomic E-state index is 13.2. The average molecular weight is 514 g/mol. The van der Waals surface area contributed by atoms with E-state index in [0.29, 0.717) is 13.1 Å². The number of likely N-dealkylation sites (N-methyl/N-ethyl adjacent to an activating group) is 1. The van der Waals surface area contributed by atoms with Gasteiger partial charge < -0.3 is 19.4 Å². The molecule has 1 unspecified atom stereocenters. The van der Waals surface area contributed by atoms with E-state index in [4.69, 9.17) is 4.42 Å². The van der Waals surface area contributed by atoms with Crippen molar-refractivity contribution in [3.63, 3.8) is 0 Å². The van der Waals surface area contributed by atoms with E-state index in [1.165, 1.54) is 5.56 Å². The predicted octanol–water partition coefficient (Wildman–Crippen LogP) is 4.09. The molecule has 198 valence electrons. The van der Waals surface area contributed by atoms with Crippen molar-refractivity contribution in [2.75, 3.05) is 52.9 Å². The van der Waals surface area contributed by atoms with E-state index in [9.17, 15) is 10.0 Å². The molecule has 6 rings (SSSR count). The van der Waals surface area contributed by atoms with Crippen molar-refractivity contribution in [2.24, 2.45) is 5.16 Å². The Balaban J connectivity index is 1.26. The van der Waals surface area contributed by atoms with Crippen LogP contribution in [-0.2, 0) is 11.2 Å². The molecule has 4 heterocycles. The fraction of sp³-hybridized carbons (Fsp3) is 0.433. The Morgan fingerprint density at radius 1 is 1.03 bits per heavy atom. The Morgan fingerprint density at radius 2 is 1.84 bits per heavy atom. The number of benzene rings is 1. The van der Waals surface area contributed by atoms with Crippen molar-refractivity contribution in [1.82, 2.24) is 19.7 Å². The lowest BCUT2D eigenvalue weighted by atomic mass is 9.93. The second-order valence-electron chi connectivity index (χ2n) is 10.8. The highest BCUT2D eigenvalue weighted by atomic mass is 16.4. The van der Waals surface area contributed by atoms with E-state index in [1.807, 2.05) is 17.0 Å². The molecule has 0 bridgehead atoms. The first-order chi connectivity index (χ1) is 18.6. The maximum absolute atomic E-state index is 13.2. The van der Waals surface area contributed by atoms with Crippen LogP contribution in [0.2, 0.25) is 0 Å². The Kier molecular flexibility index (Phi) is 7.00. The fourth-order valence-electron chi connectivity index (χ4n) is 6.02. The van der Waals surface area contributed by atoms with Crippen LogP contribution in [0.5, 0.6) is 0 Å². The lowest BCUT2D eigenvalue weighted by Gasteiger charge is -2.36. The van der Waals surface area contributed by atoms with Crippen molar-refractivity contribution in [3.05, 3.63) is 65.7 Å². The summed E-state index contributed by atoms with van der Waals surface area (Å²) in [5.74, 6) is 2.15.